The highest BCUT2D eigenvalue weighted by molar-refractivity contribution is 7.13. The number of piperidine rings is 3. The van der Waals surface area contributed by atoms with Crippen LogP contribution in [0.5, 0.6) is 0 Å². The number of thiazole rings is 1. The zero-order valence-corrected chi connectivity index (χ0v) is 16.3. The number of carbonyl (C=O) groups excluding carboxylic acids is 1. The average Bonchev–Trinajstić information content (AvgIpc) is 3.41. The van der Waals surface area contributed by atoms with E-state index < -0.39 is 0 Å². The fourth-order valence-corrected chi connectivity index (χ4v) is 4.98. The van der Waals surface area contributed by atoms with Gasteiger partial charge in [-0.05, 0) is 25.3 Å². The van der Waals surface area contributed by atoms with Gasteiger partial charge in [0.05, 0.1) is 18.7 Å². The Hall–Kier alpha value is -2.58. The number of hydrogen-bond donors (Lipinski definition) is 1. The fraction of sp³-hybridized carbons (Fsp3) is 0.400. The number of rotatable bonds is 5. The predicted octanol–water partition coefficient (Wildman–Crippen LogP) is 2.75. The molecule has 1 amide bonds. The van der Waals surface area contributed by atoms with Gasteiger partial charge in [0, 0.05) is 29.7 Å². The molecule has 2 bridgehead atoms. The van der Waals surface area contributed by atoms with E-state index in [0.29, 0.717) is 17.1 Å². The molecule has 4 atom stereocenters. The molecule has 0 spiro atoms. The van der Waals surface area contributed by atoms with E-state index >= 15 is 0 Å². The van der Waals surface area contributed by atoms with Gasteiger partial charge >= 0.3 is 0 Å². The lowest BCUT2D eigenvalue weighted by molar-refractivity contribution is -0.127. The first kappa shape index (κ1) is 17.5. The number of anilines is 1. The largest absolute Gasteiger partial charge is 0.302 e. The van der Waals surface area contributed by atoms with Crippen molar-refractivity contribution in [1.82, 2.24) is 24.9 Å². The number of amides is 1. The van der Waals surface area contributed by atoms with Gasteiger partial charge in [0.25, 0.3) is 0 Å². The Labute approximate surface area is 167 Å². The highest BCUT2D eigenvalue weighted by atomic mass is 32.1. The van der Waals surface area contributed by atoms with Crippen molar-refractivity contribution in [3.8, 4) is 11.3 Å². The molecule has 3 fully saturated rings. The molecule has 0 radical (unpaired) electrons. The van der Waals surface area contributed by atoms with Crippen molar-refractivity contribution in [3.05, 3.63) is 48.1 Å². The van der Waals surface area contributed by atoms with Crippen molar-refractivity contribution in [1.29, 1.82) is 0 Å². The van der Waals surface area contributed by atoms with Crippen LogP contribution in [-0.2, 0) is 11.3 Å². The van der Waals surface area contributed by atoms with Gasteiger partial charge in [-0.3, -0.25) is 14.4 Å². The summed E-state index contributed by atoms with van der Waals surface area (Å²) in [5.74, 6) is 0.576. The molecule has 3 aliphatic heterocycles. The van der Waals surface area contributed by atoms with E-state index in [9.17, 15) is 4.79 Å². The third-order valence-corrected chi connectivity index (χ3v) is 6.57. The molecular weight excluding hydrogens is 372 g/mol. The van der Waals surface area contributed by atoms with Gasteiger partial charge in [0.1, 0.15) is 5.69 Å². The highest BCUT2D eigenvalue weighted by Crippen LogP contribution is 2.37. The minimum Gasteiger partial charge on any atom is -0.302 e. The van der Waals surface area contributed by atoms with Crippen LogP contribution in [0.2, 0.25) is 0 Å². The topological polar surface area (TPSA) is 75.9 Å². The van der Waals surface area contributed by atoms with Crippen molar-refractivity contribution in [2.45, 2.75) is 25.4 Å². The minimum atomic E-state index is 0.0459. The van der Waals surface area contributed by atoms with E-state index in [1.807, 2.05) is 46.6 Å². The smallest absolute Gasteiger partial charge is 0.230 e. The number of fused-ring (bicyclic) bond motifs is 3. The molecule has 3 aliphatic rings. The number of carbonyl (C=O) groups is 1. The maximum absolute atomic E-state index is 12.7. The van der Waals surface area contributed by atoms with Crippen LogP contribution in [0.3, 0.4) is 0 Å². The summed E-state index contributed by atoms with van der Waals surface area (Å²) in [7, 11) is 0. The number of aromatic nitrogens is 4. The molecule has 2 aromatic heterocycles. The van der Waals surface area contributed by atoms with Gasteiger partial charge in [0.15, 0.2) is 5.13 Å². The van der Waals surface area contributed by atoms with Crippen molar-refractivity contribution in [3.63, 3.8) is 0 Å². The standard InChI is InChI=1S/C20H22N6OS/c27-19(22-20-21-7-9-28-20)17-12-25-8-6-15(17)10-16(25)11-26-13-18(23-24-26)14-4-2-1-3-5-14/h1-5,7,9,13,15-17H,6,8,10-12H2,(H,21,22,27). The van der Waals surface area contributed by atoms with Crippen molar-refractivity contribution < 1.29 is 4.79 Å². The summed E-state index contributed by atoms with van der Waals surface area (Å²) in [4.78, 5) is 19.3. The fourth-order valence-electron chi connectivity index (χ4n) is 4.45. The highest BCUT2D eigenvalue weighted by Gasteiger charge is 2.43. The third kappa shape index (κ3) is 3.45. The molecular formula is C20H22N6OS. The number of nitrogens with zero attached hydrogens (tertiary/aromatic N) is 5. The molecule has 1 N–H and O–H groups in total. The first-order valence-corrected chi connectivity index (χ1v) is 10.5. The van der Waals surface area contributed by atoms with Crippen LogP contribution in [0.25, 0.3) is 11.3 Å². The molecule has 3 saturated heterocycles. The van der Waals surface area contributed by atoms with Crippen molar-refractivity contribution >= 4 is 22.4 Å². The molecule has 4 unspecified atom stereocenters. The van der Waals surface area contributed by atoms with E-state index in [0.717, 1.165) is 43.7 Å². The first-order valence-electron chi connectivity index (χ1n) is 9.66. The van der Waals surface area contributed by atoms with E-state index in [-0.39, 0.29) is 11.8 Å². The predicted molar refractivity (Wildman–Crippen MR) is 108 cm³/mol. The molecule has 6 rings (SSSR count). The second kappa shape index (κ2) is 7.44. The monoisotopic (exact) mass is 394 g/mol. The lowest BCUT2D eigenvalue weighted by Crippen LogP contribution is -2.57. The summed E-state index contributed by atoms with van der Waals surface area (Å²) in [6.07, 6.45) is 5.84. The molecule has 28 heavy (non-hydrogen) atoms. The molecule has 1 aromatic carbocycles. The molecule has 7 nitrogen and oxygen atoms in total. The average molecular weight is 395 g/mol. The van der Waals surface area contributed by atoms with Crippen LogP contribution in [0.15, 0.2) is 48.1 Å². The van der Waals surface area contributed by atoms with Crippen molar-refractivity contribution in [2.24, 2.45) is 11.8 Å². The third-order valence-electron chi connectivity index (χ3n) is 5.88. The first-order chi connectivity index (χ1) is 13.8. The lowest BCUT2D eigenvalue weighted by Gasteiger charge is -2.49. The molecule has 5 heterocycles. The Balaban J connectivity index is 1.23. The Morgan fingerprint density at radius 2 is 2.18 bits per heavy atom. The van der Waals surface area contributed by atoms with Crippen molar-refractivity contribution in [2.75, 3.05) is 18.4 Å². The number of nitrogens with one attached hydrogen (secondary N) is 1. The normalized spacial score (nSPS) is 26.3. The second-order valence-electron chi connectivity index (χ2n) is 7.56. The lowest BCUT2D eigenvalue weighted by atomic mass is 9.75. The molecule has 144 valence electrons. The van der Waals surface area contributed by atoms with Crippen LogP contribution in [-0.4, -0.2) is 49.9 Å². The summed E-state index contributed by atoms with van der Waals surface area (Å²) in [6.45, 7) is 2.68. The van der Waals surface area contributed by atoms with Crippen LogP contribution >= 0.6 is 11.3 Å². The molecule has 3 aromatic rings. The van der Waals surface area contributed by atoms with E-state index in [1.54, 1.807) is 6.20 Å². The Morgan fingerprint density at radius 3 is 2.93 bits per heavy atom. The van der Waals surface area contributed by atoms with Gasteiger partial charge in [0.2, 0.25) is 5.91 Å². The van der Waals surface area contributed by atoms with Crippen LogP contribution < -0.4 is 5.32 Å². The van der Waals surface area contributed by atoms with Gasteiger partial charge in [-0.1, -0.05) is 35.5 Å². The van der Waals surface area contributed by atoms with E-state index in [4.69, 9.17) is 0 Å². The summed E-state index contributed by atoms with van der Waals surface area (Å²) in [5, 5.41) is 14.2. The van der Waals surface area contributed by atoms with Crippen LogP contribution in [0.4, 0.5) is 5.13 Å². The Kier molecular flexibility index (Phi) is 4.66. The SMILES string of the molecule is O=C(Nc1nccs1)C1CN2CCC1CC2Cn1cc(-c2ccccc2)nn1. The van der Waals surface area contributed by atoms with Gasteiger partial charge in [-0.15, -0.1) is 16.4 Å². The zero-order valence-electron chi connectivity index (χ0n) is 15.4. The quantitative estimate of drug-likeness (QED) is 0.720. The summed E-state index contributed by atoms with van der Waals surface area (Å²) in [5.41, 5.74) is 1.98. The number of benzene rings is 1. The van der Waals surface area contributed by atoms with E-state index in [2.05, 4.69) is 25.5 Å². The maximum Gasteiger partial charge on any atom is 0.230 e. The molecule has 0 saturated carbocycles. The van der Waals surface area contributed by atoms with E-state index in [1.165, 1.54) is 11.3 Å². The van der Waals surface area contributed by atoms with Crippen LogP contribution in [0, 0.1) is 11.8 Å². The molecule has 8 heteroatoms. The minimum absolute atomic E-state index is 0.0459. The number of hydrogen-bond acceptors (Lipinski definition) is 6. The van der Waals surface area contributed by atoms with Gasteiger partial charge in [-0.2, -0.15) is 0 Å². The molecule has 0 aliphatic carbocycles. The van der Waals surface area contributed by atoms with Crippen LogP contribution in [0.1, 0.15) is 12.8 Å². The summed E-state index contributed by atoms with van der Waals surface area (Å²) < 4.78 is 1.94. The second-order valence-corrected chi connectivity index (χ2v) is 8.45. The van der Waals surface area contributed by atoms with Gasteiger partial charge < -0.3 is 5.32 Å². The Morgan fingerprint density at radius 1 is 1.29 bits per heavy atom. The summed E-state index contributed by atoms with van der Waals surface area (Å²) in [6, 6.07) is 10.5. The Bertz CT molecular complexity index is 941. The summed E-state index contributed by atoms with van der Waals surface area (Å²) >= 11 is 1.46. The maximum atomic E-state index is 12.7. The zero-order chi connectivity index (χ0) is 18.9. The van der Waals surface area contributed by atoms with Gasteiger partial charge in [-0.25, -0.2) is 4.98 Å².